The summed E-state index contributed by atoms with van der Waals surface area (Å²) in [6, 6.07) is 5.98. The molecule has 1 N–H and O–H groups in total. The summed E-state index contributed by atoms with van der Waals surface area (Å²) in [7, 11) is 0. The largest absolute Gasteiger partial charge is 0.379 e. The number of ether oxygens (including phenoxy) is 1. The smallest absolute Gasteiger partial charge is 0.256 e. The van der Waals surface area contributed by atoms with Crippen molar-refractivity contribution in [3.63, 3.8) is 0 Å². The van der Waals surface area contributed by atoms with Crippen LogP contribution in [0.3, 0.4) is 0 Å². The minimum atomic E-state index is -2.48. The molecule has 0 aromatic carbocycles. The summed E-state index contributed by atoms with van der Waals surface area (Å²) >= 11 is 0. The molecule has 5 heterocycles. The zero-order chi connectivity index (χ0) is 25.4. The van der Waals surface area contributed by atoms with E-state index in [4.69, 9.17) is 4.74 Å². The fourth-order valence-electron chi connectivity index (χ4n) is 5.63. The number of imidazole rings is 1. The molecule has 4 aromatic rings. The summed E-state index contributed by atoms with van der Waals surface area (Å²) in [4.78, 5) is 16.2. The third-order valence-electron chi connectivity index (χ3n) is 7.60. The van der Waals surface area contributed by atoms with Crippen LogP contribution >= 0.6 is 0 Å². The lowest BCUT2D eigenvalue weighted by Gasteiger charge is -2.34. The molecule has 2 aliphatic rings. The van der Waals surface area contributed by atoms with Crippen molar-refractivity contribution in [1.82, 2.24) is 34.0 Å². The normalized spacial score (nSPS) is 21.3. The maximum absolute atomic E-state index is 13.1. The minimum absolute atomic E-state index is 0.371. The van der Waals surface area contributed by atoms with Crippen molar-refractivity contribution < 1.29 is 13.5 Å². The van der Waals surface area contributed by atoms with Crippen molar-refractivity contribution in [3.8, 4) is 11.3 Å². The lowest BCUT2D eigenvalue weighted by molar-refractivity contribution is 0.0276. The molecule has 0 unspecified atom stereocenters. The van der Waals surface area contributed by atoms with Crippen LogP contribution in [0.4, 0.5) is 14.7 Å². The van der Waals surface area contributed by atoms with Crippen LogP contribution in [0.5, 0.6) is 0 Å². The molecule has 37 heavy (non-hydrogen) atoms. The molecule has 1 saturated heterocycles. The Hall–Kier alpha value is -3.18. The average Bonchev–Trinajstić information content (AvgIpc) is 3.45. The van der Waals surface area contributed by atoms with Crippen molar-refractivity contribution in [3.05, 3.63) is 36.4 Å². The number of alkyl halides is 2. The summed E-state index contributed by atoms with van der Waals surface area (Å²) in [6.45, 7) is 6.27. The maximum atomic E-state index is 13.1. The van der Waals surface area contributed by atoms with Gasteiger partial charge in [0.05, 0.1) is 37.2 Å². The Morgan fingerprint density at radius 3 is 2.68 bits per heavy atom. The maximum Gasteiger partial charge on any atom is 0.256 e. The Balaban J connectivity index is 1.14. The number of fused-ring (bicyclic) bond motifs is 2. The molecule has 1 aliphatic carbocycles. The quantitative estimate of drug-likeness (QED) is 0.402. The van der Waals surface area contributed by atoms with Crippen LogP contribution in [0.15, 0.2) is 30.6 Å². The van der Waals surface area contributed by atoms with E-state index in [1.54, 1.807) is 17.6 Å². The monoisotopic (exact) mass is 510 g/mol. The fraction of sp³-hybridized carbons (Fsp3) is 0.538. The van der Waals surface area contributed by atoms with Crippen LogP contribution in [-0.4, -0.2) is 79.3 Å². The number of pyridine rings is 1. The SMILES string of the molecule is Cc1nc2ccc(-c3ccn4nc(NC5CCC(CN6CCOCC6)CC5)ncc34)nc2n1CC(F)F. The van der Waals surface area contributed by atoms with Gasteiger partial charge in [-0.05, 0) is 56.7 Å². The molecule has 4 aromatic heterocycles. The van der Waals surface area contributed by atoms with E-state index in [0.29, 0.717) is 34.7 Å². The highest BCUT2D eigenvalue weighted by Crippen LogP contribution is 2.29. The summed E-state index contributed by atoms with van der Waals surface area (Å²) in [5.41, 5.74) is 3.39. The van der Waals surface area contributed by atoms with E-state index in [1.165, 1.54) is 24.0 Å². The molecule has 0 radical (unpaired) electrons. The van der Waals surface area contributed by atoms with Gasteiger partial charge in [0.15, 0.2) is 5.65 Å². The lowest BCUT2D eigenvalue weighted by atomic mass is 9.85. The van der Waals surface area contributed by atoms with Gasteiger partial charge in [0, 0.05) is 37.4 Å². The van der Waals surface area contributed by atoms with Gasteiger partial charge in [-0.2, -0.15) is 0 Å². The van der Waals surface area contributed by atoms with Gasteiger partial charge in [0.1, 0.15) is 11.3 Å². The standard InChI is InChI=1S/C26H32F2N8O/c1-17-30-22-7-6-21(32-25(22)35(17)16-24(27)28)20-8-9-36-23(20)14-29-26(33-36)31-19-4-2-18(3-5-19)15-34-10-12-37-13-11-34/h6-9,14,18-19,24H,2-5,10-13,15-16H2,1H3,(H,31,33). The van der Waals surface area contributed by atoms with E-state index < -0.39 is 13.0 Å². The third kappa shape index (κ3) is 5.15. The van der Waals surface area contributed by atoms with Gasteiger partial charge in [0.25, 0.3) is 6.43 Å². The van der Waals surface area contributed by atoms with Gasteiger partial charge in [-0.3, -0.25) is 4.90 Å². The minimum Gasteiger partial charge on any atom is -0.379 e. The molecule has 11 heteroatoms. The molecular weight excluding hydrogens is 478 g/mol. The van der Waals surface area contributed by atoms with E-state index in [-0.39, 0.29) is 0 Å². The number of anilines is 1. The number of morpholine rings is 1. The first-order valence-electron chi connectivity index (χ1n) is 13.1. The van der Waals surface area contributed by atoms with Crippen LogP contribution in [0.25, 0.3) is 27.9 Å². The van der Waals surface area contributed by atoms with Crippen molar-refractivity contribution >= 4 is 22.6 Å². The van der Waals surface area contributed by atoms with E-state index in [9.17, 15) is 8.78 Å². The fourth-order valence-corrected chi connectivity index (χ4v) is 5.63. The Bertz CT molecular complexity index is 1370. The number of nitrogens with one attached hydrogen (secondary N) is 1. The first-order chi connectivity index (χ1) is 18.0. The molecule has 9 nitrogen and oxygen atoms in total. The summed E-state index contributed by atoms with van der Waals surface area (Å²) in [6.07, 6.45) is 5.84. The molecule has 0 spiro atoms. The first-order valence-corrected chi connectivity index (χ1v) is 13.1. The molecule has 196 valence electrons. The molecule has 2 fully saturated rings. The van der Waals surface area contributed by atoms with Gasteiger partial charge in [-0.1, -0.05) is 0 Å². The Morgan fingerprint density at radius 2 is 1.89 bits per heavy atom. The number of nitrogens with zero attached hydrogens (tertiary/aromatic N) is 7. The Morgan fingerprint density at radius 1 is 1.08 bits per heavy atom. The zero-order valence-corrected chi connectivity index (χ0v) is 21.0. The number of hydrogen-bond donors (Lipinski definition) is 1. The highest BCUT2D eigenvalue weighted by molar-refractivity contribution is 5.82. The van der Waals surface area contributed by atoms with Gasteiger partial charge < -0.3 is 14.6 Å². The first kappa shape index (κ1) is 24.2. The predicted octanol–water partition coefficient (Wildman–Crippen LogP) is 4.02. The molecule has 1 aliphatic heterocycles. The number of hydrogen-bond acceptors (Lipinski definition) is 7. The van der Waals surface area contributed by atoms with Crippen molar-refractivity contribution in [2.24, 2.45) is 5.92 Å². The highest BCUT2D eigenvalue weighted by Gasteiger charge is 2.24. The van der Waals surface area contributed by atoms with Crippen LogP contribution in [-0.2, 0) is 11.3 Å². The van der Waals surface area contributed by atoms with Crippen LogP contribution in [0, 0.1) is 12.8 Å². The van der Waals surface area contributed by atoms with E-state index in [1.807, 2.05) is 24.4 Å². The summed E-state index contributed by atoms with van der Waals surface area (Å²) in [5, 5.41) is 8.20. The van der Waals surface area contributed by atoms with E-state index in [2.05, 4.69) is 30.3 Å². The number of aryl methyl sites for hydroxylation is 1. The topological polar surface area (TPSA) is 85.4 Å². The van der Waals surface area contributed by atoms with E-state index in [0.717, 1.165) is 56.1 Å². The van der Waals surface area contributed by atoms with Crippen LogP contribution in [0.2, 0.25) is 0 Å². The molecule has 6 rings (SSSR count). The number of rotatable bonds is 7. The van der Waals surface area contributed by atoms with Crippen molar-refractivity contribution in [2.45, 2.75) is 51.6 Å². The lowest BCUT2D eigenvalue weighted by Crippen LogP contribution is -2.40. The van der Waals surface area contributed by atoms with Gasteiger partial charge >= 0.3 is 0 Å². The highest BCUT2D eigenvalue weighted by atomic mass is 19.3. The predicted molar refractivity (Wildman–Crippen MR) is 137 cm³/mol. The van der Waals surface area contributed by atoms with Crippen molar-refractivity contribution in [2.75, 3.05) is 38.2 Å². The molecule has 0 amide bonds. The molecule has 0 atom stereocenters. The van der Waals surface area contributed by atoms with Crippen molar-refractivity contribution in [1.29, 1.82) is 0 Å². The van der Waals surface area contributed by atoms with Gasteiger partial charge in [-0.15, -0.1) is 5.10 Å². The Kier molecular flexibility index (Phi) is 6.72. The second-order valence-corrected chi connectivity index (χ2v) is 10.1. The zero-order valence-electron chi connectivity index (χ0n) is 21.0. The molecule has 1 saturated carbocycles. The average molecular weight is 511 g/mol. The van der Waals surface area contributed by atoms with Gasteiger partial charge in [0.2, 0.25) is 5.95 Å². The molecule has 0 bridgehead atoms. The summed E-state index contributed by atoms with van der Waals surface area (Å²) < 4.78 is 34.9. The second-order valence-electron chi connectivity index (χ2n) is 10.1. The number of halogens is 2. The molecular formula is C26H32F2N8O. The number of aromatic nitrogens is 6. The van der Waals surface area contributed by atoms with E-state index >= 15 is 0 Å². The Labute approximate surface area is 213 Å². The van der Waals surface area contributed by atoms with Gasteiger partial charge in [-0.25, -0.2) is 28.2 Å². The summed E-state index contributed by atoms with van der Waals surface area (Å²) in [5.74, 6) is 1.88. The van der Waals surface area contributed by atoms with Crippen LogP contribution in [0.1, 0.15) is 31.5 Å². The third-order valence-corrected chi connectivity index (χ3v) is 7.60. The van der Waals surface area contributed by atoms with Crippen LogP contribution < -0.4 is 5.32 Å². The second kappa shape index (κ2) is 10.3.